The largest absolute Gasteiger partial charge is 0.352 e. The highest BCUT2D eigenvalue weighted by molar-refractivity contribution is 6.04. The molecule has 0 amide bonds. The molecule has 16 heavy (non-hydrogen) atoms. The molecule has 1 N–H and O–H groups in total. The molecule has 0 aliphatic carbocycles. The lowest BCUT2D eigenvalue weighted by molar-refractivity contribution is -0.111. The number of carbonyl (C=O) groups is 1. The monoisotopic (exact) mass is 214 g/mol. The Morgan fingerprint density at radius 1 is 1.38 bits per heavy atom. The van der Waals surface area contributed by atoms with E-state index in [4.69, 9.17) is 7.98 Å². The fourth-order valence-corrected chi connectivity index (χ4v) is 2.06. The van der Waals surface area contributed by atoms with E-state index in [-0.39, 0.29) is 12.0 Å². The smallest absolute Gasteiger partial charge is 0.182 e. The van der Waals surface area contributed by atoms with Crippen molar-refractivity contribution < 1.29 is 4.79 Å². The van der Waals surface area contributed by atoms with Gasteiger partial charge in [0, 0.05) is 25.0 Å². The van der Waals surface area contributed by atoms with Crippen molar-refractivity contribution in [1.29, 1.82) is 0 Å². The van der Waals surface area contributed by atoms with Crippen molar-refractivity contribution in [3.63, 3.8) is 0 Å². The average Bonchev–Trinajstić information content (AvgIpc) is 2.68. The number of rotatable bonds is 4. The van der Waals surface area contributed by atoms with Gasteiger partial charge in [0.05, 0.1) is 0 Å². The first-order valence-corrected chi connectivity index (χ1v) is 5.52. The summed E-state index contributed by atoms with van der Waals surface area (Å²) >= 11 is 0. The second-order valence-electron chi connectivity index (χ2n) is 4.23. The Labute approximate surface area is 97.3 Å². The molecule has 2 rings (SSSR count). The zero-order chi connectivity index (χ0) is 11.4. The van der Waals surface area contributed by atoms with Crippen molar-refractivity contribution in [3.8, 4) is 0 Å². The molecule has 0 unspecified atom stereocenters. The van der Waals surface area contributed by atoms with Gasteiger partial charge in [0.1, 0.15) is 6.29 Å². The van der Waals surface area contributed by atoms with Gasteiger partial charge < -0.3 is 14.9 Å². The molecule has 2 atom stereocenters. The Morgan fingerprint density at radius 2 is 2.12 bits per heavy atom. The van der Waals surface area contributed by atoms with Crippen molar-refractivity contribution in [2.24, 2.45) is 5.92 Å². The zero-order valence-electron chi connectivity index (χ0n) is 9.17. The van der Waals surface area contributed by atoms with Crippen LogP contribution in [0, 0.1) is 5.92 Å². The predicted octanol–water partition coefficient (Wildman–Crippen LogP) is 0.359. The van der Waals surface area contributed by atoms with Gasteiger partial charge in [-0.1, -0.05) is 30.3 Å². The number of nitrogens with one attached hydrogen (secondary N) is 1. The summed E-state index contributed by atoms with van der Waals surface area (Å²) in [6.45, 7) is 2.16. The highest BCUT2D eigenvalue weighted by Crippen LogP contribution is 2.13. The highest BCUT2D eigenvalue weighted by Gasteiger charge is 2.29. The summed E-state index contributed by atoms with van der Waals surface area (Å²) in [5, 5.41) is 3.38. The van der Waals surface area contributed by atoms with Gasteiger partial charge in [0.2, 0.25) is 0 Å². The summed E-state index contributed by atoms with van der Waals surface area (Å²) in [7, 11) is 5.69. The number of nitrogens with zero attached hydrogens (tertiary/aromatic N) is 1. The molecule has 1 aromatic carbocycles. The molecule has 0 aromatic heterocycles. The van der Waals surface area contributed by atoms with Gasteiger partial charge in [-0.3, -0.25) is 0 Å². The summed E-state index contributed by atoms with van der Waals surface area (Å²) in [6, 6.07) is 10.3. The van der Waals surface area contributed by atoms with Crippen molar-refractivity contribution in [3.05, 3.63) is 35.9 Å². The maximum atomic E-state index is 10.9. The number of hydrogen-bond acceptors (Lipinski definition) is 3. The van der Waals surface area contributed by atoms with E-state index in [0.29, 0.717) is 6.54 Å². The van der Waals surface area contributed by atoms with Crippen LogP contribution in [0.3, 0.4) is 0 Å². The minimum Gasteiger partial charge on any atom is -0.352 e. The molecule has 0 saturated carbocycles. The van der Waals surface area contributed by atoms with Crippen LogP contribution < -0.4 is 5.32 Å². The van der Waals surface area contributed by atoms with E-state index in [2.05, 4.69) is 17.4 Å². The topological polar surface area (TPSA) is 32.3 Å². The maximum Gasteiger partial charge on any atom is 0.182 e. The molecule has 1 heterocycles. The van der Waals surface area contributed by atoms with Crippen LogP contribution in [0.2, 0.25) is 0 Å². The Balaban J connectivity index is 1.88. The van der Waals surface area contributed by atoms with E-state index in [1.54, 1.807) is 4.81 Å². The fourth-order valence-electron chi connectivity index (χ4n) is 2.06. The minimum atomic E-state index is 0.00807. The summed E-state index contributed by atoms with van der Waals surface area (Å²) in [5.41, 5.74) is 1.22. The van der Waals surface area contributed by atoms with Crippen molar-refractivity contribution in [1.82, 2.24) is 10.1 Å². The summed E-state index contributed by atoms with van der Waals surface area (Å²) in [6.07, 6.45) is 0.996. The molecule has 4 heteroatoms. The molecular formula is C12H15BN2O. The van der Waals surface area contributed by atoms with E-state index in [1.165, 1.54) is 5.56 Å². The van der Waals surface area contributed by atoms with Crippen molar-refractivity contribution >= 4 is 14.3 Å². The van der Waals surface area contributed by atoms with E-state index in [9.17, 15) is 4.79 Å². The van der Waals surface area contributed by atoms with Gasteiger partial charge >= 0.3 is 0 Å². The highest BCUT2D eigenvalue weighted by atomic mass is 16.1. The molecule has 1 aromatic rings. The third kappa shape index (κ3) is 2.71. The quantitative estimate of drug-likeness (QED) is 0.580. The Bertz CT molecular complexity index is 344. The van der Waals surface area contributed by atoms with Crippen LogP contribution in [0.4, 0.5) is 0 Å². The van der Waals surface area contributed by atoms with Crippen LogP contribution in [0.15, 0.2) is 30.3 Å². The second kappa shape index (κ2) is 5.28. The van der Waals surface area contributed by atoms with Crippen molar-refractivity contribution in [2.45, 2.75) is 12.6 Å². The van der Waals surface area contributed by atoms with E-state index in [0.717, 1.165) is 19.4 Å². The van der Waals surface area contributed by atoms with Crippen LogP contribution in [0.25, 0.3) is 0 Å². The number of benzene rings is 1. The van der Waals surface area contributed by atoms with E-state index >= 15 is 0 Å². The molecule has 1 saturated heterocycles. The third-order valence-electron chi connectivity index (χ3n) is 2.98. The van der Waals surface area contributed by atoms with E-state index < -0.39 is 0 Å². The molecule has 2 radical (unpaired) electrons. The molecule has 0 spiro atoms. The molecule has 1 fully saturated rings. The van der Waals surface area contributed by atoms with Crippen LogP contribution >= 0.6 is 0 Å². The normalized spacial score (nSPS) is 25.8. The van der Waals surface area contributed by atoms with Crippen molar-refractivity contribution in [2.75, 3.05) is 13.1 Å². The molecular weight excluding hydrogens is 199 g/mol. The first-order valence-electron chi connectivity index (χ1n) is 5.52. The lowest BCUT2D eigenvalue weighted by Crippen LogP contribution is -2.36. The zero-order valence-corrected chi connectivity index (χ0v) is 9.17. The van der Waals surface area contributed by atoms with Crippen LogP contribution in [0.1, 0.15) is 5.56 Å². The van der Waals surface area contributed by atoms with Crippen LogP contribution in [-0.4, -0.2) is 38.2 Å². The Kier molecular flexibility index (Phi) is 3.75. The SMILES string of the molecule is [B]N1C[C@@H](C=O)[C@@H](NCc2ccccc2)C1. The lowest BCUT2D eigenvalue weighted by atomic mass is 10.1. The summed E-state index contributed by atoms with van der Waals surface area (Å²) in [5.74, 6) is 0.00807. The fraction of sp³-hybridized carbons (Fsp3) is 0.417. The summed E-state index contributed by atoms with van der Waals surface area (Å²) < 4.78 is 0. The average molecular weight is 214 g/mol. The van der Waals surface area contributed by atoms with Gasteiger partial charge in [0.15, 0.2) is 7.98 Å². The van der Waals surface area contributed by atoms with Crippen LogP contribution in [-0.2, 0) is 11.3 Å². The Hall–Kier alpha value is -1.13. The Morgan fingerprint density at radius 3 is 2.81 bits per heavy atom. The number of carbonyl (C=O) groups excluding carboxylic acids is 1. The molecule has 3 nitrogen and oxygen atoms in total. The van der Waals surface area contributed by atoms with Gasteiger partial charge in [-0.15, -0.1) is 0 Å². The lowest BCUT2D eigenvalue weighted by Gasteiger charge is -2.15. The van der Waals surface area contributed by atoms with Gasteiger partial charge in [0.25, 0.3) is 0 Å². The molecule has 1 aliphatic heterocycles. The molecule has 1 aliphatic rings. The first kappa shape index (κ1) is 11.4. The second-order valence-corrected chi connectivity index (χ2v) is 4.23. The third-order valence-corrected chi connectivity index (χ3v) is 2.98. The first-order chi connectivity index (χ1) is 7.79. The van der Waals surface area contributed by atoms with Crippen LogP contribution in [0.5, 0.6) is 0 Å². The minimum absolute atomic E-state index is 0.00807. The maximum absolute atomic E-state index is 10.9. The summed E-state index contributed by atoms with van der Waals surface area (Å²) in [4.78, 5) is 12.5. The van der Waals surface area contributed by atoms with Gasteiger partial charge in [-0.2, -0.15) is 0 Å². The standard InChI is InChI=1S/C12H15BN2O/c13-15-7-11(9-16)12(8-15)14-6-10-4-2-1-3-5-10/h1-5,9,11-12,14H,6-8H2/t11-,12-/m0/s1. The van der Waals surface area contributed by atoms with Gasteiger partial charge in [-0.25, -0.2) is 0 Å². The van der Waals surface area contributed by atoms with E-state index in [1.807, 2.05) is 18.2 Å². The predicted molar refractivity (Wildman–Crippen MR) is 64.0 cm³/mol. The molecule has 82 valence electrons. The molecule has 0 bridgehead atoms. The number of aldehydes is 1. The number of hydrogen-bond donors (Lipinski definition) is 1. The van der Waals surface area contributed by atoms with Gasteiger partial charge in [-0.05, 0) is 12.1 Å².